The van der Waals surface area contributed by atoms with Crippen LogP contribution in [0.5, 0.6) is 0 Å². The fraction of sp³-hybridized carbons (Fsp3) is 0.424. The van der Waals surface area contributed by atoms with Gasteiger partial charge in [-0.2, -0.15) is 0 Å². The second-order valence-corrected chi connectivity index (χ2v) is 13.2. The Labute approximate surface area is 256 Å². The van der Waals surface area contributed by atoms with Crippen molar-refractivity contribution < 1.29 is 24.2 Å². The highest BCUT2D eigenvalue weighted by Crippen LogP contribution is 2.69. The van der Waals surface area contributed by atoms with Crippen molar-refractivity contribution >= 4 is 46.8 Å². The number of benzene rings is 2. The number of carbonyl (C=O) groups excluding carboxylic acids is 3. The first-order valence-corrected chi connectivity index (χ1v) is 15.6. The number of halogens is 1. The van der Waals surface area contributed by atoms with Gasteiger partial charge in [-0.15, -0.1) is 24.9 Å². The smallest absolute Gasteiger partial charge is 0.310 e. The fourth-order valence-electron chi connectivity index (χ4n) is 7.13. The van der Waals surface area contributed by atoms with E-state index in [0.717, 1.165) is 5.56 Å². The Morgan fingerprint density at radius 2 is 1.90 bits per heavy atom. The second kappa shape index (κ2) is 12.7. The number of thioether (sulfide) groups is 1. The van der Waals surface area contributed by atoms with Crippen molar-refractivity contribution in [3.63, 3.8) is 0 Å². The number of carbonyl (C=O) groups is 3. The molecule has 3 unspecified atom stereocenters. The number of fused-ring (bicyclic) bond motifs is 1. The molecule has 222 valence electrons. The predicted molar refractivity (Wildman–Crippen MR) is 166 cm³/mol. The van der Waals surface area contributed by atoms with E-state index < -0.39 is 34.6 Å². The van der Waals surface area contributed by atoms with Gasteiger partial charge in [-0.25, -0.2) is 0 Å². The lowest BCUT2D eigenvalue weighted by Gasteiger charge is -2.42. The Balaban J connectivity index is 1.62. The first-order valence-electron chi connectivity index (χ1n) is 14.4. The number of aliphatic hydroxyl groups is 1. The van der Waals surface area contributed by atoms with Crippen LogP contribution in [0.1, 0.15) is 25.3 Å². The van der Waals surface area contributed by atoms with Gasteiger partial charge in [-0.3, -0.25) is 14.4 Å². The van der Waals surface area contributed by atoms with E-state index in [1.54, 1.807) is 51.9 Å². The van der Waals surface area contributed by atoms with Gasteiger partial charge < -0.3 is 19.6 Å². The average molecular weight is 609 g/mol. The maximum atomic E-state index is 14.9. The minimum absolute atomic E-state index is 0.0366. The van der Waals surface area contributed by atoms with Gasteiger partial charge in [0.2, 0.25) is 5.91 Å². The van der Waals surface area contributed by atoms with E-state index in [9.17, 15) is 19.5 Å². The number of hydrogen-bond acceptors (Lipinski definition) is 6. The Bertz CT molecular complexity index is 1350. The zero-order valence-electron chi connectivity index (χ0n) is 23.7. The average Bonchev–Trinajstić information content (AvgIpc) is 3.59. The molecule has 7 nitrogen and oxygen atoms in total. The summed E-state index contributed by atoms with van der Waals surface area (Å²) in [5.41, 5.74) is 1.45. The molecule has 2 aromatic carbocycles. The molecule has 2 amide bonds. The standard InChI is InChI=1S/C33H37ClN2O5S/c1-4-6-17-41-32(40)27-26-18-21(3)33(42-26)28(27)30(38)36(23(20-37)19-22-12-8-7-9-13-22)29(33)31(39)35(16-5-2)25-15-11-10-14-24(25)34/h4-5,7-15,21,23,26-29,37H,1-2,6,16-20H2,3H3/t21?,23-,26-,27+,28+,29?,33?/m1/s1. The van der Waals surface area contributed by atoms with Crippen LogP contribution in [-0.4, -0.2) is 69.6 Å². The van der Waals surface area contributed by atoms with Crippen molar-refractivity contribution in [3.05, 3.63) is 90.5 Å². The van der Waals surface area contributed by atoms with Gasteiger partial charge in [0, 0.05) is 11.8 Å². The Hall–Kier alpha value is -3.07. The van der Waals surface area contributed by atoms with Gasteiger partial charge >= 0.3 is 5.97 Å². The molecule has 5 rings (SSSR count). The summed E-state index contributed by atoms with van der Waals surface area (Å²) in [7, 11) is 0. The topological polar surface area (TPSA) is 87.1 Å². The highest BCUT2D eigenvalue weighted by atomic mass is 35.5. The van der Waals surface area contributed by atoms with Crippen LogP contribution in [0.2, 0.25) is 5.02 Å². The zero-order chi connectivity index (χ0) is 30.0. The van der Waals surface area contributed by atoms with Crippen LogP contribution in [0.3, 0.4) is 0 Å². The number of nitrogens with zero attached hydrogens (tertiary/aromatic N) is 2. The number of amides is 2. The molecular formula is C33H37ClN2O5S. The summed E-state index contributed by atoms with van der Waals surface area (Å²) in [6.45, 7) is 9.67. The van der Waals surface area contributed by atoms with Crippen LogP contribution in [0.4, 0.5) is 5.69 Å². The Morgan fingerprint density at radius 1 is 1.19 bits per heavy atom. The van der Waals surface area contributed by atoms with Crippen LogP contribution in [0, 0.1) is 17.8 Å². The van der Waals surface area contributed by atoms with Gasteiger partial charge in [0.05, 0.1) is 46.5 Å². The van der Waals surface area contributed by atoms with Crippen LogP contribution in [-0.2, 0) is 25.5 Å². The van der Waals surface area contributed by atoms with Gasteiger partial charge in [0.25, 0.3) is 5.91 Å². The molecule has 1 spiro atoms. The summed E-state index contributed by atoms with van der Waals surface area (Å²) in [5.74, 6) is -2.45. The van der Waals surface area contributed by atoms with E-state index in [1.165, 1.54) is 0 Å². The molecule has 0 radical (unpaired) electrons. The normalized spacial score (nSPS) is 28.3. The number of anilines is 1. The van der Waals surface area contributed by atoms with Crippen molar-refractivity contribution in [2.75, 3.05) is 24.7 Å². The molecule has 42 heavy (non-hydrogen) atoms. The molecule has 3 aliphatic rings. The number of rotatable bonds is 12. The van der Waals surface area contributed by atoms with Gasteiger partial charge in [-0.05, 0) is 42.9 Å². The quantitative estimate of drug-likeness (QED) is 0.209. The van der Waals surface area contributed by atoms with E-state index in [0.29, 0.717) is 30.0 Å². The summed E-state index contributed by atoms with van der Waals surface area (Å²) < 4.78 is 4.75. The first kappa shape index (κ1) is 30.4. The molecule has 0 saturated carbocycles. The lowest BCUT2D eigenvalue weighted by atomic mass is 9.66. The largest absolute Gasteiger partial charge is 0.465 e. The molecule has 9 heteroatoms. The third-order valence-electron chi connectivity index (χ3n) is 8.90. The molecule has 3 aliphatic heterocycles. The van der Waals surface area contributed by atoms with Gasteiger partial charge in [0.1, 0.15) is 6.04 Å². The Kier molecular flexibility index (Phi) is 9.16. The third-order valence-corrected chi connectivity index (χ3v) is 11.3. The summed E-state index contributed by atoms with van der Waals surface area (Å²) in [6.07, 6.45) is 4.88. The fourth-order valence-corrected chi connectivity index (χ4v) is 9.76. The number of ether oxygens (including phenoxy) is 1. The lowest BCUT2D eigenvalue weighted by molar-refractivity contribution is -0.154. The van der Waals surface area contributed by atoms with Gasteiger partial charge in [0.15, 0.2) is 0 Å². The molecule has 3 fully saturated rings. The van der Waals surface area contributed by atoms with Crippen LogP contribution in [0.15, 0.2) is 79.9 Å². The molecule has 0 aliphatic carbocycles. The highest BCUT2D eigenvalue weighted by molar-refractivity contribution is 8.02. The minimum atomic E-state index is -0.928. The third kappa shape index (κ3) is 5.07. The van der Waals surface area contributed by atoms with Crippen LogP contribution < -0.4 is 4.90 Å². The predicted octanol–water partition coefficient (Wildman–Crippen LogP) is 4.92. The van der Waals surface area contributed by atoms with E-state index in [-0.39, 0.29) is 42.7 Å². The second-order valence-electron chi connectivity index (χ2n) is 11.3. The summed E-state index contributed by atoms with van der Waals surface area (Å²) in [5, 5.41) is 11.0. The number of hydrogen-bond donors (Lipinski definition) is 1. The zero-order valence-corrected chi connectivity index (χ0v) is 25.3. The number of aliphatic hydroxyl groups excluding tert-OH is 1. The summed E-state index contributed by atoms with van der Waals surface area (Å²) in [6, 6.07) is 15.1. The van der Waals surface area contributed by atoms with E-state index in [1.807, 2.05) is 36.4 Å². The molecular weight excluding hydrogens is 572 g/mol. The Morgan fingerprint density at radius 3 is 2.57 bits per heavy atom. The minimum Gasteiger partial charge on any atom is -0.465 e. The molecule has 7 atom stereocenters. The van der Waals surface area contributed by atoms with Crippen molar-refractivity contribution in [1.29, 1.82) is 0 Å². The summed E-state index contributed by atoms with van der Waals surface area (Å²) >= 11 is 8.16. The van der Waals surface area contributed by atoms with Crippen LogP contribution in [0.25, 0.3) is 0 Å². The maximum absolute atomic E-state index is 14.9. The lowest BCUT2D eigenvalue weighted by Crippen LogP contribution is -2.59. The maximum Gasteiger partial charge on any atom is 0.310 e. The van der Waals surface area contributed by atoms with Crippen LogP contribution >= 0.6 is 23.4 Å². The number of likely N-dealkylation sites (tertiary alicyclic amines) is 1. The molecule has 3 saturated heterocycles. The monoisotopic (exact) mass is 608 g/mol. The molecule has 2 bridgehead atoms. The molecule has 2 aromatic rings. The van der Waals surface area contributed by atoms with E-state index in [2.05, 4.69) is 20.1 Å². The summed E-state index contributed by atoms with van der Waals surface area (Å²) in [4.78, 5) is 46.2. The first-order chi connectivity index (χ1) is 20.3. The molecule has 3 heterocycles. The van der Waals surface area contributed by atoms with Crippen molar-refractivity contribution in [1.82, 2.24) is 4.90 Å². The van der Waals surface area contributed by atoms with E-state index in [4.69, 9.17) is 16.3 Å². The van der Waals surface area contributed by atoms with Crippen molar-refractivity contribution in [2.45, 2.75) is 48.3 Å². The van der Waals surface area contributed by atoms with Crippen molar-refractivity contribution in [2.24, 2.45) is 17.8 Å². The number of para-hydroxylation sites is 1. The SMILES string of the molecule is C=CCCOC(=O)[C@@H]1[C@H]2C(=O)N([C@@H](CO)Cc3ccccc3)C(C(=O)N(CC=C)c3ccccc3Cl)C23S[C@@H]1CC3C. The molecule has 0 aromatic heterocycles. The van der Waals surface area contributed by atoms with Crippen molar-refractivity contribution in [3.8, 4) is 0 Å². The molecule has 1 N–H and O–H groups in total. The van der Waals surface area contributed by atoms with Gasteiger partial charge in [-0.1, -0.05) is 73.1 Å². The van der Waals surface area contributed by atoms with E-state index >= 15 is 0 Å². The highest BCUT2D eigenvalue weighted by Gasteiger charge is 2.77. The number of esters is 1.